The SMILES string of the molecule is c1ccc(-c2ccc(N(c3ccc4c(c3)sc3ccccc34)c3ccnc4oc5c6ccccc6ccc5c34)cc2)cc1. The lowest BCUT2D eigenvalue weighted by atomic mass is 10.0. The van der Waals surface area contributed by atoms with Crippen LogP contribution in [0.4, 0.5) is 17.1 Å². The van der Waals surface area contributed by atoms with Crippen molar-refractivity contribution in [3.8, 4) is 11.1 Å². The molecule has 0 aliphatic rings. The van der Waals surface area contributed by atoms with Gasteiger partial charge in [-0.15, -0.1) is 11.3 Å². The summed E-state index contributed by atoms with van der Waals surface area (Å²) in [7, 11) is 0. The number of thiophene rings is 1. The molecule has 0 spiro atoms. The number of anilines is 3. The van der Waals surface area contributed by atoms with Crippen LogP contribution in [0.3, 0.4) is 0 Å². The highest BCUT2D eigenvalue weighted by Gasteiger charge is 2.21. The van der Waals surface area contributed by atoms with Crippen LogP contribution in [0.15, 0.2) is 150 Å². The van der Waals surface area contributed by atoms with Gasteiger partial charge in [-0.25, -0.2) is 4.98 Å². The molecule has 0 saturated carbocycles. The molecule has 9 rings (SSSR count). The zero-order chi connectivity index (χ0) is 28.3. The first-order valence-corrected chi connectivity index (χ1v) is 15.2. The third-order valence-electron chi connectivity index (χ3n) is 8.34. The first kappa shape index (κ1) is 24.2. The maximum absolute atomic E-state index is 6.48. The van der Waals surface area contributed by atoms with E-state index in [0.717, 1.165) is 44.2 Å². The summed E-state index contributed by atoms with van der Waals surface area (Å²) in [5.41, 5.74) is 7.09. The Morgan fingerprint density at radius 3 is 2.12 bits per heavy atom. The predicted octanol–water partition coefficient (Wildman–Crippen LogP) is 11.6. The Morgan fingerprint density at radius 1 is 0.535 bits per heavy atom. The molecule has 0 amide bonds. The molecule has 0 radical (unpaired) electrons. The minimum absolute atomic E-state index is 0.637. The van der Waals surface area contributed by atoms with E-state index in [-0.39, 0.29) is 0 Å². The molecule has 0 bridgehead atoms. The van der Waals surface area contributed by atoms with E-state index in [4.69, 9.17) is 9.40 Å². The van der Waals surface area contributed by atoms with Gasteiger partial charge in [-0.3, -0.25) is 0 Å². The highest BCUT2D eigenvalue weighted by atomic mass is 32.1. The van der Waals surface area contributed by atoms with Crippen molar-refractivity contribution >= 4 is 81.4 Å². The zero-order valence-corrected chi connectivity index (χ0v) is 23.9. The van der Waals surface area contributed by atoms with Crippen molar-refractivity contribution in [1.82, 2.24) is 4.98 Å². The molecule has 0 aliphatic heterocycles. The lowest BCUT2D eigenvalue weighted by Crippen LogP contribution is -2.10. The van der Waals surface area contributed by atoms with Gasteiger partial charge in [-0.1, -0.05) is 97.1 Å². The highest BCUT2D eigenvalue weighted by molar-refractivity contribution is 7.25. The number of rotatable bonds is 4. The number of nitrogens with zero attached hydrogens (tertiary/aromatic N) is 2. The first-order valence-electron chi connectivity index (χ1n) is 14.4. The van der Waals surface area contributed by atoms with Crippen molar-refractivity contribution in [3.63, 3.8) is 0 Å². The molecule has 9 aromatic rings. The predicted molar refractivity (Wildman–Crippen MR) is 182 cm³/mol. The number of aromatic nitrogens is 1. The van der Waals surface area contributed by atoms with E-state index in [1.165, 1.54) is 31.3 Å². The second kappa shape index (κ2) is 9.55. The average Bonchev–Trinajstić information content (AvgIpc) is 3.64. The molecule has 0 aliphatic carbocycles. The molecular weight excluding hydrogens is 545 g/mol. The summed E-state index contributed by atoms with van der Waals surface area (Å²) >= 11 is 1.84. The molecule has 0 atom stereocenters. The Morgan fingerprint density at radius 2 is 1.23 bits per heavy atom. The van der Waals surface area contributed by atoms with Crippen molar-refractivity contribution in [2.45, 2.75) is 0 Å². The highest BCUT2D eigenvalue weighted by Crippen LogP contribution is 2.45. The lowest BCUT2D eigenvalue weighted by Gasteiger charge is -2.26. The third-order valence-corrected chi connectivity index (χ3v) is 9.47. The number of pyridine rings is 1. The summed E-state index contributed by atoms with van der Waals surface area (Å²) in [6.45, 7) is 0. The van der Waals surface area contributed by atoms with Crippen molar-refractivity contribution in [2.24, 2.45) is 0 Å². The summed E-state index contributed by atoms with van der Waals surface area (Å²) in [6.07, 6.45) is 1.85. The zero-order valence-electron chi connectivity index (χ0n) is 23.1. The van der Waals surface area contributed by atoms with Crippen LogP contribution in [0, 0.1) is 0 Å². The second-order valence-corrected chi connectivity index (χ2v) is 11.9. The monoisotopic (exact) mass is 568 g/mol. The fourth-order valence-corrected chi connectivity index (χ4v) is 7.45. The van der Waals surface area contributed by atoms with Crippen LogP contribution in [0.2, 0.25) is 0 Å². The summed E-state index contributed by atoms with van der Waals surface area (Å²) in [5, 5.41) is 6.89. The maximum Gasteiger partial charge on any atom is 0.229 e. The molecule has 0 fully saturated rings. The first-order chi connectivity index (χ1) is 21.3. The molecule has 0 unspecified atom stereocenters. The summed E-state index contributed by atoms with van der Waals surface area (Å²) in [4.78, 5) is 7.04. The number of fused-ring (bicyclic) bond motifs is 8. The molecule has 43 heavy (non-hydrogen) atoms. The second-order valence-electron chi connectivity index (χ2n) is 10.8. The van der Waals surface area contributed by atoms with Gasteiger partial charge in [-0.05, 0) is 59.0 Å². The van der Waals surface area contributed by atoms with Crippen LogP contribution in [0.1, 0.15) is 0 Å². The lowest BCUT2D eigenvalue weighted by molar-refractivity contribution is 0.657. The largest absolute Gasteiger partial charge is 0.437 e. The normalized spacial score (nSPS) is 11.7. The van der Waals surface area contributed by atoms with E-state index >= 15 is 0 Å². The van der Waals surface area contributed by atoms with Crippen molar-refractivity contribution < 1.29 is 4.42 Å². The Bertz CT molecular complexity index is 2460. The molecule has 202 valence electrons. The van der Waals surface area contributed by atoms with Crippen LogP contribution in [-0.2, 0) is 0 Å². The van der Waals surface area contributed by atoms with E-state index in [9.17, 15) is 0 Å². The van der Waals surface area contributed by atoms with Gasteiger partial charge in [0.25, 0.3) is 0 Å². The third kappa shape index (κ3) is 3.84. The maximum atomic E-state index is 6.48. The number of furan rings is 1. The van der Waals surface area contributed by atoms with Crippen LogP contribution in [-0.4, -0.2) is 4.98 Å². The van der Waals surface area contributed by atoms with E-state index in [1.807, 2.05) is 17.5 Å². The van der Waals surface area contributed by atoms with E-state index in [1.54, 1.807) is 0 Å². The van der Waals surface area contributed by atoms with Crippen LogP contribution in [0.25, 0.3) is 64.1 Å². The van der Waals surface area contributed by atoms with Gasteiger partial charge in [0, 0.05) is 48.5 Å². The van der Waals surface area contributed by atoms with Gasteiger partial charge in [0.2, 0.25) is 5.71 Å². The number of hydrogen-bond acceptors (Lipinski definition) is 4. The fourth-order valence-electron chi connectivity index (χ4n) is 6.31. The van der Waals surface area contributed by atoms with Crippen LogP contribution in [0.5, 0.6) is 0 Å². The summed E-state index contributed by atoms with van der Waals surface area (Å²) in [6, 6.07) is 49.6. The Hall–Kier alpha value is -5.45. The van der Waals surface area contributed by atoms with Crippen LogP contribution >= 0.6 is 11.3 Å². The standard InChI is InChI=1S/C39H24N2OS/c1-2-8-25(9-3-1)26-14-17-28(18-15-26)41(29-19-21-32-31-12-6-7-13-35(31)43-36(32)24-29)34-22-23-40-39-37(34)33-20-16-27-10-4-5-11-30(27)38(33)42-39/h1-24H. The number of benzene rings is 6. The molecule has 3 heterocycles. The van der Waals surface area contributed by atoms with Gasteiger partial charge in [-0.2, -0.15) is 0 Å². The van der Waals surface area contributed by atoms with Gasteiger partial charge >= 0.3 is 0 Å². The van der Waals surface area contributed by atoms with E-state index in [2.05, 4.69) is 144 Å². The smallest absolute Gasteiger partial charge is 0.229 e. The molecule has 6 aromatic carbocycles. The minimum Gasteiger partial charge on any atom is -0.437 e. The van der Waals surface area contributed by atoms with Gasteiger partial charge in [0.15, 0.2) is 0 Å². The molecule has 0 saturated heterocycles. The van der Waals surface area contributed by atoms with Gasteiger partial charge in [0.1, 0.15) is 5.58 Å². The molecule has 0 N–H and O–H groups in total. The molecular formula is C39H24N2OS. The fraction of sp³-hybridized carbons (Fsp3) is 0. The van der Waals surface area contributed by atoms with E-state index in [0.29, 0.717) is 5.71 Å². The van der Waals surface area contributed by atoms with E-state index < -0.39 is 0 Å². The average molecular weight is 569 g/mol. The van der Waals surface area contributed by atoms with Crippen LogP contribution < -0.4 is 4.90 Å². The Kier molecular flexibility index (Phi) is 5.37. The van der Waals surface area contributed by atoms with Gasteiger partial charge in [0.05, 0.1) is 11.1 Å². The van der Waals surface area contributed by atoms with Crippen molar-refractivity contribution in [1.29, 1.82) is 0 Å². The molecule has 3 nitrogen and oxygen atoms in total. The Labute approximate surface area is 251 Å². The topological polar surface area (TPSA) is 29.3 Å². The molecule has 3 aromatic heterocycles. The summed E-state index contributed by atoms with van der Waals surface area (Å²) < 4.78 is 9.04. The minimum atomic E-state index is 0.637. The molecule has 4 heteroatoms. The van der Waals surface area contributed by atoms with Gasteiger partial charge < -0.3 is 9.32 Å². The number of hydrogen-bond donors (Lipinski definition) is 0. The quantitative estimate of drug-likeness (QED) is 0.211. The van der Waals surface area contributed by atoms with Crippen molar-refractivity contribution in [2.75, 3.05) is 4.90 Å². The summed E-state index contributed by atoms with van der Waals surface area (Å²) in [5.74, 6) is 0. The van der Waals surface area contributed by atoms with Crippen molar-refractivity contribution in [3.05, 3.63) is 146 Å². The Balaban J connectivity index is 1.30.